The van der Waals surface area contributed by atoms with Gasteiger partial charge in [0.05, 0.1) is 0 Å². The minimum Gasteiger partial charge on any atom is -0.504 e. The second-order valence-electron chi connectivity index (χ2n) is 1.75. The zero-order chi connectivity index (χ0) is 7.02. The molecule has 1 aliphatic rings. The first-order chi connectivity index (χ1) is 4.13. The Morgan fingerprint density at radius 1 is 1.11 bits per heavy atom. The van der Waals surface area contributed by atoms with Crippen LogP contribution in [0.2, 0.25) is 0 Å². The van der Waals surface area contributed by atoms with Crippen LogP contribution in [0.15, 0.2) is 35.5 Å². The minimum atomic E-state index is -0.500. The third kappa shape index (κ3) is 0.661. The molecule has 0 aromatic carbocycles. The minimum absolute atomic E-state index is 0.227. The van der Waals surface area contributed by atoms with Gasteiger partial charge in [-0.05, 0) is 6.08 Å². The molecule has 0 heterocycles. The van der Waals surface area contributed by atoms with E-state index in [2.05, 4.69) is 6.58 Å². The van der Waals surface area contributed by atoms with E-state index in [1.807, 2.05) is 0 Å². The molecular formula is C6H6O3. The Morgan fingerprint density at radius 2 is 1.67 bits per heavy atom. The van der Waals surface area contributed by atoms with Gasteiger partial charge in [-0.25, -0.2) is 0 Å². The number of aliphatic hydroxyl groups excluding tert-OH is 3. The molecule has 0 bridgehead atoms. The molecule has 0 unspecified atom stereocenters. The first-order valence-electron chi connectivity index (χ1n) is 2.35. The van der Waals surface area contributed by atoms with Crippen molar-refractivity contribution in [2.75, 3.05) is 0 Å². The molecule has 0 amide bonds. The van der Waals surface area contributed by atoms with Gasteiger partial charge in [0.15, 0.2) is 11.5 Å². The van der Waals surface area contributed by atoms with Crippen LogP contribution in [0.25, 0.3) is 0 Å². The lowest BCUT2D eigenvalue weighted by atomic mass is 10.3. The van der Waals surface area contributed by atoms with Crippen molar-refractivity contribution in [1.82, 2.24) is 0 Å². The van der Waals surface area contributed by atoms with Gasteiger partial charge in [-0.15, -0.1) is 0 Å². The van der Waals surface area contributed by atoms with Crippen molar-refractivity contribution < 1.29 is 15.3 Å². The second kappa shape index (κ2) is 1.55. The normalized spacial score (nSPS) is 18.7. The maximum Gasteiger partial charge on any atom is 0.200 e. The van der Waals surface area contributed by atoms with E-state index in [4.69, 9.17) is 15.3 Å². The van der Waals surface area contributed by atoms with Crippen molar-refractivity contribution in [3.05, 3.63) is 35.5 Å². The highest BCUT2D eigenvalue weighted by molar-refractivity contribution is 5.48. The fourth-order valence-corrected chi connectivity index (χ4v) is 0.575. The summed E-state index contributed by atoms with van der Waals surface area (Å²) in [6.45, 7) is 3.33. The average molecular weight is 126 g/mol. The molecule has 0 saturated carbocycles. The summed E-state index contributed by atoms with van der Waals surface area (Å²) >= 11 is 0. The molecule has 1 aliphatic carbocycles. The highest BCUT2D eigenvalue weighted by Crippen LogP contribution is 2.23. The van der Waals surface area contributed by atoms with Crippen LogP contribution in [0.4, 0.5) is 0 Å². The summed E-state index contributed by atoms with van der Waals surface area (Å²) in [5, 5.41) is 26.1. The van der Waals surface area contributed by atoms with Crippen molar-refractivity contribution >= 4 is 0 Å². The number of rotatable bonds is 0. The maximum absolute atomic E-state index is 8.75. The van der Waals surface area contributed by atoms with Crippen LogP contribution in [-0.4, -0.2) is 15.3 Å². The molecule has 48 valence electrons. The Labute approximate surface area is 51.9 Å². The van der Waals surface area contributed by atoms with Crippen LogP contribution in [0, 0.1) is 0 Å². The van der Waals surface area contributed by atoms with Crippen molar-refractivity contribution in [3.8, 4) is 0 Å². The van der Waals surface area contributed by atoms with Gasteiger partial charge in [-0.2, -0.15) is 0 Å². The van der Waals surface area contributed by atoms with E-state index < -0.39 is 5.76 Å². The van der Waals surface area contributed by atoms with Gasteiger partial charge in [-0.3, -0.25) is 0 Å². The number of hydrogen-bond donors (Lipinski definition) is 3. The van der Waals surface area contributed by atoms with Gasteiger partial charge in [0.2, 0.25) is 5.76 Å². The van der Waals surface area contributed by atoms with E-state index >= 15 is 0 Å². The highest BCUT2D eigenvalue weighted by atomic mass is 16.3. The van der Waals surface area contributed by atoms with Crippen LogP contribution < -0.4 is 0 Å². The van der Waals surface area contributed by atoms with Crippen LogP contribution >= 0.6 is 0 Å². The number of hydrogen-bond acceptors (Lipinski definition) is 3. The summed E-state index contributed by atoms with van der Waals surface area (Å²) in [4.78, 5) is 0. The zero-order valence-electron chi connectivity index (χ0n) is 4.63. The molecule has 0 aliphatic heterocycles. The molecule has 0 radical (unpaired) electrons. The summed E-state index contributed by atoms with van der Waals surface area (Å²) in [6, 6.07) is 0. The predicted molar refractivity (Wildman–Crippen MR) is 32.1 cm³/mol. The zero-order valence-corrected chi connectivity index (χ0v) is 4.63. The topological polar surface area (TPSA) is 60.7 Å². The summed E-state index contributed by atoms with van der Waals surface area (Å²) in [5.74, 6) is -1.19. The summed E-state index contributed by atoms with van der Waals surface area (Å²) in [5.41, 5.74) is 0.227. The van der Waals surface area contributed by atoms with E-state index in [1.165, 1.54) is 6.08 Å². The van der Waals surface area contributed by atoms with Crippen LogP contribution in [-0.2, 0) is 0 Å². The molecule has 0 saturated heterocycles. The first-order valence-corrected chi connectivity index (χ1v) is 2.35. The smallest absolute Gasteiger partial charge is 0.200 e. The monoisotopic (exact) mass is 126 g/mol. The Bertz CT molecular complexity index is 222. The van der Waals surface area contributed by atoms with Gasteiger partial charge >= 0.3 is 0 Å². The molecule has 0 spiro atoms. The standard InChI is InChI=1S/C6H6O3/c1-3-2-4(7)6(9)5(3)8/h2,7-9H,1H2. The summed E-state index contributed by atoms with van der Waals surface area (Å²) < 4.78 is 0. The van der Waals surface area contributed by atoms with Crippen molar-refractivity contribution in [2.45, 2.75) is 0 Å². The largest absolute Gasteiger partial charge is 0.504 e. The third-order valence-electron chi connectivity index (χ3n) is 1.08. The maximum atomic E-state index is 8.75. The molecule has 1 rings (SSSR count). The Balaban J connectivity index is 3.11. The lowest BCUT2D eigenvalue weighted by Gasteiger charge is -1.91. The van der Waals surface area contributed by atoms with E-state index in [0.29, 0.717) is 0 Å². The fraction of sp³-hybridized carbons (Fsp3) is 0. The van der Waals surface area contributed by atoms with Gasteiger partial charge in [0.1, 0.15) is 0 Å². The van der Waals surface area contributed by atoms with E-state index in [9.17, 15) is 0 Å². The van der Waals surface area contributed by atoms with Crippen LogP contribution in [0.1, 0.15) is 0 Å². The molecule has 3 heteroatoms. The molecule has 0 aromatic heterocycles. The lowest BCUT2D eigenvalue weighted by Crippen LogP contribution is -1.85. The molecule has 0 aromatic rings. The Kier molecular flexibility index (Phi) is 0.990. The van der Waals surface area contributed by atoms with E-state index in [0.717, 1.165) is 0 Å². The van der Waals surface area contributed by atoms with Crippen LogP contribution in [0.3, 0.4) is 0 Å². The lowest BCUT2D eigenvalue weighted by molar-refractivity contribution is 0.299. The molecular weight excluding hydrogens is 120 g/mol. The average Bonchev–Trinajstić information content (AvgIpc) is 1.98. The third-order valence-corrected chi connectivity index (χ3v) is 1.08. The van der Waals surface area contributed by atoms with Crippen molar-refractivity contribution in [1.29, 1.82) is 0 Å². The summed E-state index contributed by atoms with van der Waals surface area (Å²) in [7, 11) is 0. The number of aliphatic hydroxyl groups is 3. The molecule has 3 nitrogen and oxygen atoms in total. The van der Waals surface area contributed by atoms with Crippen molar-refractivity contribution in [3.63, 3.8) is 0 Å². The Hall–Kier alpha value is -1.38. The predicted octanol–water partition coefficient (Wildman–Crippen LogP) is 1.33. The summed E-state index contributed by atoms with van der Waals surface area (Å²) in [6.07, 6.45) is 1.19. The quantitative estimate of drug-likeness (QED) is 0.458. The van der Waals surface area contributed by atoms with Crippen LogP contribution in [0.5, 0.6) is 0 Å². The second-order valence-corrected chi connectivity index (χ2v) is 1.75. The van der Waals surface area contributed by atoms with Gasteiger partial charge in [0.25, 0.3) is 0 Å². The Morgan fingerprint density at radius 3 is 1.78 bits per heavy atom. The van der Waals surface area contributed by atoms with Gasteiger partial charge in [0, 0.05) is 5.57 Å². The first kappa shape index (κ1) is 5.75. The molecule has 0 fully saturated rings. The van der Waals surface area contributed by atoms with Crippen molar-refractivity contribution in [2.24, 2.45) is 0 Å². The SMILES string of the molecule is C=C1C=C(O)C(O)=C1O. The number of allylic oxidation sites excluding steroid dienone is 1. The van der Waals surface area contributed by atoms with Gasteiger partial charge < -0.3 is 15.3 Å². The molecule has 3 N–H and O–H groups in total. The molecule has 0 atom stereocenters. The van der Waals surface area contributed by atoms with Gasteiger partial charge in [-0.1, -0.05) is 6.58 Å². The van der Waals surface area contributed by atoms with E-state index in [1.54, 1.807) is 0 Å². The molecule has 9 heavy (non-hydrogen) atoms. The van der Waals surface area contributed by atoms with E-state index in [-0.39, 0.29) is 17.1 Å². The highest BCUT2D eigenvalue weighted by Gasteiger charge is 2.17. The fourth-order valence-electron chi connectivity index (χ4n) is 0.575.